The molecule has 0 bridgehead atoms. The molecule has 20 heavy (non-hydrogen) atoms. The molecular weight excluding hydrogens is 258 g/mol. The van der Waals surface area contributed by atoms with Gasteiger partial charge in [0.25, 0.3) is 5.91 Å². The van der Waals surface area contributed by atoms with Gasteiger partial charge in [0.2, 0.25) is 5.91 Å². The highest BCUT2D eigenvalue weighted by atomic mass is 16.2. The number of amides is 4. The first-order valence-corrected chi connectivity index (χ1v) is 7.53. The van der Waals surface area contributed by atoms with Crippen LogP contribution >= 0.6 is 0 Å². The molecule has 110 valence electrons. The summed E-state index contributed by atoms with van der Waals surface area (Å²) in [6, 6.07) is -0.446. The molecule has 0 aromatic heterocycles. The third-order valence-corrected chi connectivity index (χ3v) is 4.80. The zero-order valence-corrected chi connectivity index (χ0v) is 11.6. The smallest absolute Gasteiger partial charge is 0.322 e. The quantitative estimate of drug-likeness (QED) is 0.549. The molecule has 1 atom stereocenters. The van der Waals surface area contributed by atoms with E-state index in [0.29, 0.717) is 19.5 Å². The first-order valence-electron chi connectivity index (χ1n) is 7.53. The van der Waals surface area contributed by atoms with Gasteiger partial charge in [-0.2, -0.15) is 0 Å². The summed E-state index contributed by atoms with van der Waals surface area (Å²) < 4.78 is 0. The molecule has 1 aliphatic carbocycles. The molecule has 3 rings (SSSR count). The molecule has 2 saturated heterocycles. The minimum Gasteiger partial charge on any atom is -0.339 e. The van der Waals surface area contributed by atoms with Crippen molar-refractivity contribution < 1.29 is 14.4 Å². The lowest BCUT2D eigenvalue weighted by molar-refractivity contribution is -0.135. The van der Waals surface area contributed by atoms with Crippen LogP contribution in [0.3, 0.4) is 0 Å². The molecule has 0 aromatic carbocycles. The molecule has 2 heterocycles. The normalized spacial score (nSPS) is 31.3. The number of likely N-dealkylation sites (tertiary alicyclic amines) is 1. The van der Waals surface area contributed by atoms with Crippen LogP contribution in [-0.4, -0.2) is 41.4 Å². The predicted octanol–water partition coefficient (Wildman–Crippen LogP) is 0.767. The monoisotopic (exact) mass is 279 g/mol. The van der Waals surface area contributed by atoms with E-state index in [4.69, 9.17) is 0 Å². The van der Waals surface area contributed by atoms with Gasteiger partial charge in [0, 0.05) is 12.5 Å². The Kier molecular flexibility index (Phi) is 3.40. The van der Waals surface area contributed by atoms with Crippen molar-refractivity contribution in [3.8, 4) is 0 Å². The molecule has 6 nitrogen and oxygen atoms in total. The van der Waals surface area contributed by atoms with E-state index in [0.717, 1.165) is 25.7 Å². The molecule has 3 fully saturated rings. The number of urea groups is 1. The number of hydrogen-bond donors (Lipinski definition) is 2. The molecule has 2 aliphatic heterocycles. The van der Waals surface area contributed by atoms with E-state index in [1.807, 2.05) is 0 Å². The van der Waals surface area contributed by atoms with Crippen molar-refractivity contribution in [3.63, 3.8) is 0 Å². The molecule has 1 spiro atoms. The third kappa shape index (κ3) is 2.27. The standard InChI is InChI=1S/C14H21N3O3/c18-11(10-5-3-1-2-4-6-10)17-8-7-14(9-17)12(19)15-13(20)16-14/h10H,1-9H2,(H2,15,16,19,20)/t14-/m0/s1. The zero-order valence-electron chi connectivity index (χ0n) is 11.6. The van der Waals surface area contributed by atoms with Crippen LogP contribution in [0.4, 0.5) is 4.79 Å². The van der Waals surface area contributed by atoms with Crippen LogP contribution < -0.4 is 10.6 Å². The molecule has 0 unspecified atom stereocenters. The van der Waals surface area contributed by atoms with Gasteiger partial charge in [-0.15, -0.1) is 0 Å². The van der Waals surface area contributed by atoms with Crippen molar-refractivity contribution in [2.45, 2.75) is 50.5 Å². The molecule has 1 saturated carbocycles. The van der Waals surface area contributed by atoms with E-state index >= 15 is 0 Å². The lowest BCUT2D eigenvalue weighted by Gasteiger charge is -2.24. The van der Waals surface area contributed by atoms with Gasteiger partial charge in [-0.25, -0.2) is 4.79 Å². The van der Waals surface area contributed by atoms with Gasteiger partial charge in [0.15, 0.2) is 0 Å². The largest absolute Gasteiger partial charge is 0.339 e. The Hall–Kier alpha value is -1.59. The van der Waals surface area contributed by atoms with Gasteiger partial charge in [-0.05, 0) is 19.3 Å². The first-order chi connectivity index (χ1) is 9.61. The summed E-state index contributed by atoms with van der Waals surface area (Å²) in [5.41, 5.74) is -0.878. The predicted molar refractivity (Wildman–Crippen MR) is 71.8 cm³/mol. The second kappa shape index (κ2) is 5.07. The second-order valence-corrected chi connectivity index (χ2v) is 6.19. The molecule has 2 N–H and O–H groups in total. The highest BCUT2D eigenvalue weighted by Gasteiger charge is 2.52. The Morgan fingerprint density at radius 3 is 2.45 bits per heavy atom. The summed E-state index contributed by atoms with van der Waals surface area (Å²) in [5.74, 6) is -0.0239. The Labute approximate surface area is 118 Å². The lowest BCUT2D eigenvalue weighted by Crippen LogP contribution is -2.50. The van der Waals surface area contributed by atoms with E-state index in [1.165, 1.54) is 12.8 Å². The van der Waals surface area contributed by atoms with E-state index < -0.39 is 11.6 Å². The van der Waals surface area contributed by atoms with E-state index in [-0.39, 0.29) is 17.7 Å². The van der Waals surface area contributed by atoms with Crippen LogP contribution in [0, 0.1) is 5.92 Å². The fraction of sp³-hybridized carbons (Fsp3) is 0.786. The first kappa shape index (κ1) is 13.4. The van der Waals surface area contributed by atoms with Crippen LogP contribution in [0.5, 0.6) is 0 Å². The second-order valence-electron chi connectivity index (χ2n) is 6.19. The number of hydrogen-bond acceptors (Lipinski definition) is 3. The minimum atomic E-state index is -0.878. The van der Waals surface area contributed by atoms with Crippen LogP contribution in [0.25, 0.3) is 0 Å². The van der Waals surface area contributed by atoms with Gasteiger partial charge < -0.3 is 10.2 Å². The van der Waals surface area contributed by atoms with Crippen molar-refractivity contribution in [1.29, 1.82) is 0 Å². The number of nitrogens with zero attached hydrogens (tertiary/aromatic N) is 1. The van der Waals surface area contributed by atoms with Crippen molar-refractivity contribution in [3.05, 3.63) is 0 Å². The Bertz CT molecular complexity index is 443. The third-order valence-electron chi connectivity index (χ3n) is 4.80. The summed E-state index contributed by atoms with van der Waals surface area (Å²) >= 11 is 0. The summed E-state index contributed by atoms with van der Waals surface area (Å²) in [6.45, 7) is 0.878. The van der Waals surface area contributed by atoms with Crippen molar-refractivity contribution in [1.82, 2.24) is 15.5 Å². The maximum atomic E-state index is 12.6. The number of nitrogens with one attached hydrogen (secondary N) is 2. The Morgan fingerprint density at radius 1 is 1.15 bits per heavy atom. The van der Waals surface area contributed by atoms with Crippen LogP contribution in [0.15, 0.2) is 0 Å². The van der Waals surface area contributed by atoms with Gasteiger partial charge in [-0.3, -0.25) is 14.9 Å². The number of rotatable bonds is 1. The van der Waals surface area contributed by atoms with Gasteiger partial charge in [0.05, 0.1) is 6.54 Å². The van der Waals surface area contributed by atoms with Crippen LogP contribution in [0.2, 0.25) is 0 Å². The Balaban J connectivity index is 1.66. The van der Waals surface area contributed by atoms with Gasteiger partial charge >= 0.3 is 6.03 Å². The lowest BCUT2D eigenvalue weighted by atomic mass is 9.98. The molecule has 4 amide bonds. The van der Waals surface area contributed by atoms with Crippen LogP contribution in [-0.2, 0) is 9.59 Å². The Morgan fingerprint density at radius 2 is 1.85 bits per heavy atom. The molecule has 0 aromatic rings. The van der Waals surface area contributed by atoms with Crippen molar-refractivity contribution >= 4 is 17.8 Å². The summed E-state index contributed by atoms with van der Waals surface area (Å²) in [4.78, 5) is 37.5. The molecule has 0 radical (unpaired) electrons. The fourth-order valence-corrected chi connectivity index (χ4v) is 3.60. The number of imide groups is 1. The average Bonchev–Trinajstić information content (AvgIpc) is 2.82. The molecular formula is C14H21N3O3. The maximum Gasteiger partial charge on any atom is 0.322 e. The van der Waals surface area contributed by atoms with Crippen LogP contribution in [0.1, 0.15) is 44.9 Å². The van der Waals surface area contributed by atoms with Gasteiger partial charge in [0.1, 0.15) is 5.54 Å². The summed E-state index contributed by atoms with van der Waals surface area (Å²) in [7, 11) is 0. The summed E-state index contributed by atoms with van der Waals surface area (Å²) in [6.07, 6.45) is 7.10. The van der Waals surface area contributed by atoms with E-state index in [2.05, 4.69) is 10.6 Å². The van der Waals surface area contributed by atoms with E-state index in [1.54, 1.807) is 4.90 Å². The SMILES string of the molecule is O=C1NC(=O)[C@@]2(CCN(C(=O)C3CCCCCC3)C2)N1. The van der Waals surface area contributed by atoms with Gasteiger partial charge in [-0.1, -0.05) is 25.7 Å². The maximum absolute atomic E-state index is 12.6. The fourth-order valence-electron chi connectivity index (χ4n) is 3.60. The van der Waals surface area contributed by atoms with Crippen molar-refractivity contribution in [2.24, 2.45) is 5.92 Å². The molecule has 3 aliphatic rings. The summed E-state index contributed by atoms with van der Waals surface area (Å²) in [5, 5.41) is 4.96. The minimum absolute atomic E-state index is 0.104. The molecule has 6 heteroatoms. The van der Waals surface area contributed by atoms with E-state index in [9.17, 15) is 14.4 Å². The average molecular weight is 279 g/mol. The topological polar surface area (TPSA) is 78.5 Å². The zero-order chi connectivity index (χ0) is 14.2. The highest BCUT2D eigenvalue weighted by Crippen LogP contribution is 2.29. The van der Waals surface area contributed by atoms with Crippen molar-refractivity contribution in [2.75, 3.05) is 13.1 Å². The number of carbonyl (C=O) groups is 3. The number of carbonyl (C=O) groups excluding carboxylic acids is 3. The highest BCUT2D eigenvalue weighted by molar-refractivity contribution is 6.07.